The third-order valence-corrected chi connectivity index (χ3v) is 7.81. The molecule has 2 aromatic carbocycles. The number of phenols is 1. The van der Waals surface area contributed by atoms with Crippen LogP contribution in [0.4, 0.5) is 10.6 Å². The second-order valence-corrected chi connectivity index (χ2v) is 12.5. The number of benzene rings is 2. The van der Waals surface area contributed by atoms with Crippen LogP contribution in [0.2, 0.25) is 0 Å². The van der Waals surface area contributed by atoms with E-state index in [9.17, 15) is 9.90 Å². The number of hydrogen-bond donors (Lipinski definition) is 3. The summed E-state index contributed by atoms with van der Waals surface area (Å²) < 4.78 is 3.68. The number of aromatic hydroxyl groups is 1. The van der Waals surface area contributed by atoms with Gasteiger partial charge in [0.25, 0.3) is 0 Å². The maximum Gasteiger partial charge on any atom is 0.320 e. The Hall–Kier alpha value is -4.31. The second-order valence-electron chi connectivity index (χ2n) is 11.4. The fourth-order valence-corrected chi connectivity index (χ4v) is 5.28. The molecule has 9 nitrogen and oxygen atoms in total. The van der Waals surface area contributed by atoms with Crippen molar-refractivity contribution in [1.82, 2.24) is 29.7 Å². The van der Waals surface area contributed by atoms with Gasteiger partial charge < -0.3 is 10.4 Å². The summed E-state index contributed by atoms with van der Waals surface area (Å²) in [6, 6.07) is 18.9. The molecule has 3 N–H and O–H groups in total. The van der Waals surface area contributed by atoms with Crippen LogP contribution >= 0.6 is 11.8 Å². The normalized spacial score (nSPS) is 11.8. The van der Waals surface area contributed by atoms with Crippen LogP contribution in [0.5, 0.6) is 5.75 Å². The van der Waals surface area contributed by atoms with E-state index in [2.05, 4.69) is 61.6 Å². The number of fused-ring (bicyclic) bond motifs is 1. The highest BCUT2D eigenvalue weighted by Gasteiger charge is 2.22. The number of aryl methyl sites for hydroxylation is 1. The smallest absolute Gasteiger partial charge is 0.320 e. The highest BCUT2D eigenvalue weighted by molar-refractivity contribution is 7.99. The SMILES string of the molecule is Cc1ccc(-n2nc(C(C)(C)C)cc2NC(=O)NCc2ccccc2Sc2ccc3nnc(C(C)C)n3c2)cc1O. The Morgan fingerprint density at radius 2 is 1.83 bits per heavy atom. The number of carbonyl (C=O) groups is 1. The third-order valence-electron chi connectivity index (χ3n) is 6.71. The summed E-state index contributed by atoms with van der Waals surface area (Å²) in [7, 11) is 0. The number of hydrogen-bond acceptors (Lipinski definition) is 6. The van der Waals surface area contributed by atoms with E-state index in [1.54, 1.807) is 22.5 Å². The molecule has 2 amide bonds. The number of pyridine rings is 1. The van der Waals surface area contributed by atoms with Gasteiger partial charge in [-0.2, -0.15) is 5.10 Å². The molecule has 5 rings (SSSR count). The second kappa shape index (κ2) is 11.3. The van der Waals surface area contributed by atoms with E-state index in [4.69, 9.17) is 5.10 Å². The molecule has 0 aliphatic rings. The molecule has 0 bridgehead atoms. The summed E-state index contributed by atoms with van der Waals surface area (Å²) in [6.45, 7) is 12.6. The minimum Gasteiger partial charge on any atom is -0.508 e. The summed E-state index contributed by atoms with van der Waals surface area (Å²) in [6.07, 6.45) is 2.06. The molecule has 0 aliphatic carbocycles. The van der Waals surface area contributed by atoms with Gasteiger partial charge in [-0.1, -0.05) is 70.6 Å². The van der Waals surface area contributed by atoms with E-state index >= 15 is 0 Å². The third kappa shape index (κ3) is 6.22. The number of nitrogens with one attached hydrogen (secondary N) is 2. The molecule has 0 unspecified atom stereocenters. The first kappa shape index (κ1) is 28.2. The molecule has 0 spiro atoms. The van der Waals surface area contributed by atoms with E-state index < -0.39 is 0 Å². The van der Waals surface area contributed by atoms with E-state index in [1.165, 1.54) is 0 Å². The zero-order valence-electron chi connectivity index (χ0n) is 24.1. The summed E-state index contributed by atoms with van der Waals surface area (Å²) >= 11 is 1.63. The predicted octanol–water partition coefficient (Wildman–Crippen LogP) is 6.82. The van der Waals surface area contributed by atoms with Crippen molar-refractivity contribution in [3.8, 4) is 11.4 Å². The minimum atomic E-state index is -0.352. The van der Waals surface area contributed by atoms with Crippen molar-refractivity contribution in [2.45, 2.75) is 69.2 Å². The number of phenolic OH excluding ortho intramolecular Hbond substituents is 1. The Morgan fingerprint density at radius 1 is 1.05 bits per heavy atom. The first-order valence-corrected chi connectivity index (χ1v) is 14.4. The van der Waals surface area contributed by atoms with Crippen LogP contribution in [0.25, 0.3) is 11.3 Å². The van der Waals surface area contributed by atoms with Gasteiger partial charge in [-0.05, 0) is 42.3 Å². The van der Waals surface area contributed by atoms with Gasteiger partial charge in [0.05, 0.1) is 11.4 Å². The highest BCUT2D eigenvalue weighted by atomic mass is 32.2. The van der Waals surface area contributed by atoms with Gasteiger partial charge in [-0.3, -0.25) is 9.72 Å². The molecule has 5 aromatic rings. The van der Waals surface area contributed by atoms with Gasteiger partial charge in [-0.15, -0.1) is 10.2 Å². The van der Waals surface area contributed by atoms with Crippen LogP contribution in [0.3, 0.4) is 0 Å². The molecule has 3 aromatic heterocycles. The van der Waals surface area contributed by atoms with Crippen LogP contribution < -0.4 is 10.6 Å². The number of rotatable bonds is 7. The van der Waals surface area contributed by atoms with Crippen molar-refractivity contribution in [2.75, 3.05) is 5.32 Å². The highest BCUT2D eigenvalue weighted by Crippen LogP contribution is 2.32. The van der Waals surface area contributed by atoms with Gasteiger partial charge in [0.2, 0.25) is 0 Å². The van der Waals surface area contributed by atoms with Gasteiger partial charge >= 0.3 is 6.03 Å². The molecular formula is C31H35N7O2S. The number of amides is 2. The molecule has 0 saturated heterocycles. The van der Waals surface area contributed by atoms with Crippen molar-refractivity contribution in [2.24, 2.45) is 0 Å². The largest absolute Gasteiger partial charge is 0.508 e. The van der Waals surface area contributed by atoms with Crippen LogP contribution in [0.15, 0.2) is 76.7 Å². The lowest BCUT2D eigenvalue weighted by molar-refractivity contribution is 0.251. The Kier molecular flexibility index (Phi) is 7.77. The number of anilines is 1. The van der Waals surface area contributed by atoms with Crippen molar-refractivity contribution >= 4 is 29.3 Å². The molecule has 3 heterocycles. The number of aromatic nitrogens is 5. The van der Waals surface area contributed by atoms with E-state index in [0.717, 1.165) is 38.1 Å². The lowest BCUT2D eigenvalue weighted by Crippen LogP contribution is -2.29. The molecule has 0 radical (unpaired) electrons. The summed E-state index contributed by atoms with van der Waals surface area (Å²) in [5.74, 6) is 1.86. The molecule has 212 valence electrons. The molecule has 0 saturated carbocycles. The van der Waals surface area contributed by atoms with E-state index in [0.29, 0.717) is 18.1 Å². The van der Waals surface area contributed by atoms with Crippen molar-refractivity contribution < 1.29 is 9.90 Å². The van der Waals surface area contributed by atoms with Crippen LogP contribution in [-0.2, 0) is 12.0 Å². The zero-order valence-corrected chi connectivity index (χ0v) is 25.0. The maximum atomic E-state index is 13.1. The lowest BCUT2D eigenvalue weighted by Gasteiger charge is -2.14. The Bertz CT molecular complexity index is 1720. The molecule has 41 heavy (non-hydrogen) atoms. The number of carbonyl (C=O) groups excluding carboxylic acids is 1. The van der Waals surface area contributed by atoms with Gasteiger partial charge in [-0.25, -0.2) is 9.48 Å². The summed E-state index contributed by atoms with van der Waals surface area (Å²) in [5.41, 5.74) is 3.83. The number of urea groups is 1. The monoisotopic (exact) mass is 569 g/mol. The Labute approximate surface area is 244 Å². The summed E-state index contributed by atoms with van der Waals surface area (Å²) in [5, 5.41) is 29.5. The quantitative estimate of drug-likeness (QED) is 0.198. The fourth-order valence-electron chi connectivity index (χ4n) is 4.32. The van der Waals surface area contributed by atoms with Crippen LogP contribution in [0.1, 0.15) is 63.2 Å². The van der Waals surface area contributed by atoms with E-state index in [-0.39, 0.29) is 23.1 Å². The maximum absolute atomic E-state index is 13.1. The van der Waals surface area contributed by atoms with Crippen molar-refractivity contribution in [1.29, 1.82) is 0 Å². The van der Waals surface area contributed by atoms with Crippen LogP contribution in [-0.4, -0.2) is 35.5 Å². The molecule has 0 aliphatic heterocycles. The fraction of sp³-hybridized carbons (Fsp3) is 0.290. The molecule has 10 heteroatoms. The topological polar surface area (TPSA) is 109 Å². The standard InChI is InChI=1S/C31H35N7O2S/c1-19(2)29-35-34-27-14-13-23(18-37(27)29)41-25-10-8-7-9-21(25)17-32-30(40)33-28-16-26(31(4,5)6)36-38(28)22-12-11-20(3)24(39)15-22/h7-16,18-19,39H,17H2,1-6H3,(H2,32,33,40). The van der Waals surface area contributed by atoms with Gasteiger partial charge in [0.1, 0.15) is 17.4 Å². The minimum absolute atomic E-state index is 0.170. The molecule has 0 atom stereocenters. The summed E-state index contributed by atoms with van der Waals surface area (Å²) in [4.78, 5) is 15.2. The van der Waals surface area contributed by atoms with Crippen molar-refractivity contribution in [3.05, 3.63) is 89.5 Å². The van der Waals surface area contributed by atoms with Crippen LogP contribution in [0, 0.1) is 6.92 Å². The van der Waals surface area contributed by atoms with E-state index in [1.807, 2.05) is 65.9 Å². The first-order valence-electron chi connectivity index (χ1n) is 13.6. The Morgan fingerprint density at radius 3 is 2.56 bits per heavy atom. The first-order chi connectivity index (χ1) is 19.5. The van der Waals surface area contributed by atoms with Gasteiger partial charge in [0.15, 0.2) is 5.65 Å². The Balaban J connectivity index is 1.33. The van der Waals surface area contributed by atoms with Crippen molar-refractivity contribution in [3.63, 3.8) is 0 Å². The lowest BCUT2D eigenvalue weighted by atomic mass is 9.92. The van der Waals surface area contributed by atoms with Gasteiger partial charge in [0, 0.05) is 46.0 Å². The molecule has 0 fully saturated rings. The number of nitrogens with zero attached hydrogens (tertiary/aromatic N) is 5. The molecular weight excluding hydrogens is 534 g/mol. The average molecular weight is 570 g/mol. The average Bonchev–Trinajstić information content (AvgIpc) is 3.54. The predicted molar refractivity (Wildman–Crippen MR) is 162 cm³/mol. The zero-order chi connectivity index (χ0) is 29.3.